The lowest BCUT2D eigenvalue weighted by molar-refractivity contribution is -0.141. The van der Waals surface area contributed by atoms with Crippen molar-refractivity contribution in [2.75, 3.05) is 6.54 Å². The first kappa shape index (κ1) is 18.6. The van der Waals surface area contributed by atoms with Gasteiger partial charge in [-0.1, -0.05) is 43.2 Å². The van der Waals surface area contributed by atoms with Gasteiger partial charge in [0.25, 0.3) is 0 Å². The lowest BCUT2D eigenvalue weighted by atomic mass is 9.81. The van der Waals surface area contributed by atoms with Gasteiger partial charge in [0, 0.05) is 25.6 Å². The van der Waals surface area contributed by atoms with E-state index in [2.05, 4.69) is 0 Å². The molecule has 1 aromatic rings. The first-order chi connectivity index (χ1) is 12.5. The molecule has 2 aliphatic rings. The second kappa shape index (κ2) is 8.02. The third kappa shape index (κ3) is 3.81. The fourth-order valence-electron chi connectivity index (χ4n) is 4.14. The van der Waals surface area contributed by atoms with Crippen LogP contribution in [0.15, 0.2) is 30.3 Å². The van der Waals surface area contributed by atoms with Gasteiger partial charge in [-0.2, -0.15) is 0 Å². The van der Waals surface area contributed by atoms with Crippen LogP contribution in [-0.4, -0.2) is 40.1 Å². The van der Waals surface area contributed by atoms with Crippen molar-refractivity contribution in [2.24, 2.45) is 11.8 Å². The van der Waals surface area contributed by atoms with Crippen LogP contribution in [0.5, 0.6) is 0 Å². The van der Waals surface area contributed by atoms with Crippen molar-refractivity contribution < 1.29 is 14.4 Å². The summed E-state index contributed by atoms with van der Waals surface area (Å²) in [6.07, 6.45) is 3.86. The number of carbonyl (C=O) groups excluding carboxylic acids is 3. The van der Waals surface area contributed by atoms with Crippen molar-refractivity contribution in [1.29, 1.82) is 0 Å². The van der Waals surface area contributed by atoms with E-state index in [9.17, 15) is 14.4 Å². The number of nitrogens with zero attached hydrogens (tertiary/aromatic N) is 2. The lowest BCUT2D eigenvalue weighted by Gasteiger charge is -2.28. The Bertz CT molecular complexity index is 647. The van der Waals surface area contributed by atoms with Gasteiger partial charge in [0.05, 0.1) is 11.8 Å². The molecule has 3 rings (SSSR count). The molecule has 5 nitrogen and oxygen atoms in total. The second-order valence-electron chi connectivity index (χ2n) is 7.68. The minimum atomic E-state index is -0.142. The number of hydrogen-bond donors (Lipinski definition) is 0. The van der Waals surface area contributed by atoms with Crippen molar-refractivity contribution in [3.05, 3.63) is 35.9 Å². The maximum atomic E-state index is 12.8. The zero-order valence-corrected chi connectivity index (χ0v) is 15.7. The van der Waals surface area contributed by atoms with Gasteiger partial charge in [-0.05, 0) is 32.3 Å². The molecule has 0 radical (unpaired) electrons. The highest BCUT2D eigenvalue weighted by atomic mass is 16.2. The standard InChI is InChI=1S/C21H28N2O3/c1-15(2)23(14-16-8-4-3-5-9-16)19(24)12-13-22-20(25)17-10-6-7-11-18(17)21(22)26/h3-5,8-9,15,17-18H,6-7,10-14H2,1-2H3. The van der Waals surface area contributed by atoms with Crippen LogP contribution >= 0.6 is 0 Å². The van der Waals surface area contributed by atoms with E-state index in [1.54, 1.807) is 0 Å². The van der Waals surface area contributed by atoms with E-state index in [0.29, 0.717) is 6.54 Å². The monoisotopic (exact) mass is 356 g/mol. The molecular weight excluding hydrogens is 328 g/mol. The first-order valence-corrected chi connectivity index (χ1v) is 9.67. The summed E-state index contributed by atoms with van der Waals surface area (Å²) in [4.78, 5) is 41.0. The Kier molecular flexibility index (Phi) is 5.74. The summed E-state index contributed by atoms with van der Waals surface area (Å²) in [6.45, 7) is 4.73. The van der Waals surface area contributed by atoms with Crippen molar-refractivity contribution in [3.8, 4) is 0 Å². The highest BCUT2D eigenvalue weighted by Gasteiger charge is 2.47. The van der Waals surface area contributed by atoms with Gasteiger partial charge in [-0.3, -0.25) is 19.3 Å². The number of fused-ring (bicyclic) bond motifs is 1. The predicted molar refractivity (Wildman–Crippen MR) is 98.9 cm³/mol. The summed E-state index contributed by atoms with van der Waals surface area (Å²) >= 11 is 0. The molecule has 1 aromatic carbocycles. The van der Waals surface area contributed by atoms with Crippen molar-refractivity contribution in [2.45, 2.75) is 58.5 Å². The number of carbonyl (C=O) groups is 3. The Hall–Kier alpha value is -2.17. The Morgan fingerprint density at radius 3 is 2.19 bits per heavy atom. The normalized spacial score (nSPS) is 22.7. The van der Waals surface area contributed by atoms with E-state index in [1.165, 1.54) is 4.90 Å². The molecule has 2 unspecified atom stereocenters. The predicted octanol–water partition coefficient (Wildman–Crippen LogP) is 2.99. The topological polar surface area (TPSA) is 57.7 Å². The van der Waals surface area contributed by atoms with Gasteiger partial charge in [0.15, 0.2) is 0 Å². The summed E-state index contributed by atoms with van der Waals surface area (Å²) in [6, 6.07) is 9.94. The largest absolute Gasteiger partial charge is 0.336 e. The van der Waals surface area contributed by atoms with Gasteiger partial charge >= 0.3 is 0 Å². The lowest BCUT2D eigenvalue weighted by Crippen LogP contribution is -2.40. The molecule has 0 spiro atoms. The zero-order chi connectivity index (χ0) is 18.7. The van der Waals surface area contributed by atoms with E-state index in [4.69, 9.17) is 0 Å². The fourth-order valence-corrected chi connectivity index (χ4v) is 4.14. The first-order valence-electron chi connectivity index (χ1n) is 9.67. The molecule has 26 heavy (non-hydrogen) atoms. The van der Waals surface area contributed by atoms with Crippen molar-refractivity contribution in [3.63, 3.8) is 0 Å². The van der Waals surface area contributed by atoms with Gasteiger partial charge in [-0.15, -0.1) is 0 Å². The molecule has 0 bridgehead atoms. The highest BCUT2D eigenvalue weighted by molar-refractivity contribution is 6.05. The molecule has 2 atom stereocenters. The van der Waals surface area contributed by atoms with Crippen LogP contribution in [0.4, 0.5) is 0 Å². The summed E-state index contributed by atoms with van der Waals surface area (Å²) in [5.74, 6) is -0.425. The number of hydrogen-bond acceptors (Lipinski definition) is 3. The zero-order valence-electron chi connectivity index (χ0n) is 15.7. The van der Waals surface area contributed by atoms with E-state index >= 15 is 0 Å². The highest BCUT2D eigenvalue weighted by Crippen LogP contribution is 2.38. The average Bonchev–Trinajstić information content (AvgIpc) is 2.89. The smallest absolute Gasteiger partial charge is 0.233 e. The average molecular weight is 356 g/mol. The molecule has 140 valence electrons. The van der Waals surface area contributed by atoms with Gasteiger partial charge < -0.3 is 4.90 Å². The SMILES string of the molecule is CC(C)N(Cc1ccccc1)C(=O)CCN1C(=O)C2CCCCC2C1=O. The number of likely N-dealkylation sites (tertiary alicyclic amines) is 1. The molecule has 0 N–H and O–H groups in total. The third-order valence-electron chi connectivity index (χ3n) is 5.62. The number of rotatable bonds is 6. The van der Waals surface area contributed by atoms with Crippen LogP contribution in [0.25, 0.3) is 0 Å². The molecule has 0 aromatic heterocycles. The van der Waals surface area contributed by atoms with Crippen LogP contribution in [0.2, 0.25) is 0 Å². The van der Waals surface area contributed by atoms with Crippen LogP contribution < -0.4 is 0 Å². The van der Waals surface area contributed by atoms with Crippen LogP contribution in [0.1, 0.15) is 51.5 Å². The van der Waals surface area contributed by atoms with Crippen molar-refractivity contribution >= 4 is 17.7 Å². The third-order valence-corrected chi connectivity index (χ3v) is 5.62. The molecule has 1 saturated heterocycles. The summed E-state index contributed by atoms with van der Waals surface area (Å²) in [5.41, 5.74) is 1.08. The van der Waals surface area contributed by atoms with E-state index in [0.717, 1.165) is 31.2 Å². The van der Waals surface area contributed by atoms with E-state index in [-0.39, 0.29) is 48.6 Å². The van der Waals surface area contributed by atoms with E-state index < -0.39 is 0 Å². The van der Waals surface area contributed by atoms with Crippen LogP contribution in [-0.2, 0) is 20.9 Å². The maximum Gasteiger partial charge on any atom is 0.233 e. The number of imide groups is 1. The quantitative estimate of drug-likeness (QED) is 0.736. The molecule has 1 saturated carbocycles. The second-order valence-corrected chi connectivity index (χ2v) is 7.68. The number of amides is 3. The molecule has 3 amide bonds. The maximum absolute atomic E-state index is 12.8. The Morgan fingerprint density at radius 2 is 1.65 bits per heavy atom. The molecule has 1 aliphatic heterocycles. The minimum Gasteiger partial charge on any atom is -0.336 e. The minimum absolute atomic E-state index is 0.0145. The van der Waals surface area contributed by atoms with Crippen molar-refractivity contribution in [1.82, 2.24) is 9.80 Å². The molecule has 5 heteroatoms. The summed E-state index contributed by atoms with van der Waals surface area (Å²) in [7, 11) is 0. The number of benzene rings is 1. The van der Waals surface area contributed by atoms with Gasteiger partial charge in [-0.25, -0.2) is 0 Å². The van der Waals surface area contributed by atoms with E-state index in [1.807, 2.05) is 49.1 Å². The Balaban J connectivity index is 1.61. The molecular formula is C21H28N2O3. The van der Waals surface area contributed by atoms with Gasteiger partial charge in [0.2, 0.25) is 17.7 Å². The van der Waals surface area contributed by atoms with Crippen LogP contribution in [0.3, 0.4) is 0 Å². The fraction of sp³-hybridized carbons (Fsp3) is 0.571. The van der Waals surface area contributed by atoms with Crippen LogP contribution in [0, 0.1) is 11.8 Å². The summed E-state index contributed by atoms with van der Waals surface area (Å²) in [5, 5.41) is 0. The Morgan fingerprint density at radius 1 is 1.08 bits per heavy atom. The molecule has 1 aliphatic carbocycles. The molecule has 2 fully saturated rings. The Labute approximate surface area is 155 Å². The summed E-state index contributed by atoms with van der Waals surface area (Å²) < 4.78 is 0. The molecule has 1 heterocycles. The van der Waals surface area contributed by atoms with Gasteiger partial charge in [0.1, 0.15) is 0 Å².